The average molecular weight is 529 g/mol. The van der Waals surface area contributed by atoms with Crippen LogP contribution in [0.25, 0.3) is 16.8 Å². The van der Waals surface area contributed by atoms with E-state index in [4.69, 9.17) is 4.42 Å². The molecule has 1 aliphatic heterocycles. The van der Waals surface area contributed by atoms with Crippen LogP contribution in [0.15, 0.2) is 40.9 Å². The first kappa shape index (κ1) is 24.8. The first-order chi connectivity index (χ1) is 17.4. The molecule has 5 rings (SSSR count). The number of anilines is 2. The van der Waals surface area contributed by atoms with Crippen LogP contribution >= 0.6 is 0 Å². The van der Waals surface area contributed by atoms with E-state index in [1.807, 2.05) is 0 Å². The number of nitrogens with one attached hydrogen (secondary N) is 1. The fraction of sp³-hybridized carbons (Fsp3) is 0.364. The highest BCUT2D eigenvalue weighted by Gasteiger charge is 2.37. The van der Waals surface area contributed by atoms with Crippen molar-refractivity contribution in [3.05, 3.63) is 53.5 Å². The average Bonchev–Trinajstić information content (AvgIpc) is 3.44. The van der Waals surface area contributed by atoms with Gasteiger partial charge < -0.3 is 14.6 Å². The minimum Gasteiger partial charge on any atom is -0.408 e. The Hall–Kier alpha value is -3.91. The third-order valence-electron chi connectivity index (χ3n) is 5.90. The van der Waals surface area contributed by atoms with Gasteiger partial charge in [0.1, 0.15) is 6.17 Å². The highest BCUT2D eigenvalue weighted by Crippen LogP contribution is 2.39. The second-order valence-electron chi connectivity index (χ2n) is 8.53. The second kappa shape index (κ2) is 8.88. The molecule has 0 unspecified atom stereocenters. The molecule has 1 fully saturated rings. The van der Waals surface area contributed by atoms with Crippen LogP contribution in [0.4, 0.5) is 42.7 Å². The number of hydrogen-bond donors (Lipinski definition) is 1. The van der Waals surface area contributed by atoms with E-state index >= 15 is 0 Å². The molecule has 0 bridgehead atoms. The number of piperidine rings is 1. The van der Waals surface area contributed by atoms with Gasteiger partial charge in [-0.3, -0.25) is 0 Å². The van der Waals surface area contributed by atoms with Crippen molar-refractivity contribution in [1.82, 2.24) is 24.8 Å². The fourth-order valence-corrected chi connectivity index (χ4v) is 4.12. The van der Waals surface area contributed by atoms with Gasteiger partial charge in [-0.2, -0.15) is 31.3 Å². The molecule has 1 saturated heterocycles. The van der Waals surface area contributed by atoms with E-state index < -0.39 is 35.7 Å². The van der Waals surface area contributed by atoms with E-state index in [1.165, 1.54) is 22.8 Å². The van der Waals surface area contributed by atoms with E-state index in [9.17, 15) is 30.7 Å². The molecule has 196 valence electrons. The van der Waals surface area contributed by atoms with Gasteiger partial charge in [0, 0.05) is 25.2 Å². The highest BCUT2D eigenvalue weighted by atomic mass is 19.4. The van der Waals surface area contributed by atoms with Crippen molar-refractivity contribution in [3.63, 3.8) is 0 Å². The van der Waals surface area contributed by atoms with E-state index in [0.717, 1.165) is 0 Å². The van der Waals surface area contributed by atoms with E-state index in [2.05, 4.69) is 25.6 Å². The quantitative estimate of drug-likeness (QED) is 0.366. The zero-order valence-corrected chi connectivity index (χ0v) is 19.0. The lowest BCUT2D eigenvalue weighted by atomic mass is 10.00. The molecule has 1 N–H and O–H groups in total. The maximum Gasteiger partial charge on any atom is 0.416 e. The number of pyridine rings is 1. The van der Waals surface area contributed by atoms with Crippen LogP contribution in [0.1, 0.15) is 23.4 Å². The molecular weight excluding hydrogens is 511 g/mol. The zero-order chi connectivity index (χ0) is 26.5. The van der Waals surface area contributed by atoms with Crippen LogP contribution in [0.5, 0.6) is 0 Å². The zero-order valence-electron chi connectivity index (χ0n) is 19.0. The molecule has 15 heteroatoms. The normalized spacial score (nSPS) is 19.0. The van der Waals surface area contributed by atoms with Crippen molar-refractivity contribution in [2.45, 2.75) is 37.9 Å². The number of aromatic nitrogens is 5. The van der Waals surface area contributed by atoms with Crippen LogP contribution < -0.4 is 10.2 Å². The summed E-state index contributed by atoms with van der Waals surface area (Å²) >= 11 is 0. The Bertz CT molecular complexity index is 1400. The third kappa shape index (κ3) is 5.02. The number of alkyl halides is 7. The molecule has 0 spiro atoms. The summed E-state index contributed by atoms with van der Waals surface area (Å²) in [4.78, 5) is 5.84. The number of nitrogens with zero attached hydrogens (tertiary/aromatic N) is 6. The molecule has 37 heavy (non-hydrogen) atoms. The summed E-state index contributed by atoms with van der Waals surface area (Å²) in [7, 11) is 0. The molecule has 3 aromatic heterocycles. The SMILES string of the molecule is Cc1nnc(N2CC[C@@H](Nc3nc4c(-c5cc(C(F)(F)F)cc(C(F)(F)F)c5)cccn4n3)[C@@H](F)C2)o1. The maximum absolute atomic E-state index is 14.9. The van der Waals surface area contributed by atoms with Crippen LogP contribution in [-0.4, -0.2) is 50.1 Å². The summed E-state index contributed by atoms with van der Waals surface area (Å²) in [6, 6.07) is 3.56. The van der Waals surface area contributed by atoms with Gasteiger partial charge in [0.15, 0.2) is 5.65 Å². The van der Waals surface area contributed by atoms with Crippen molar-refractivity contribution >= 4 is 17.6 Å². The Morgan fingerprint density at radius 3 is 2.32 bits per heavy atom. The monoisotopic (exact) mass is 529 g/mol. The van der Waals surface area contributed by atoms with Gasteiger partial charge >= 0.3 is 18.4 Å². The Morgan fingerprint density at radius 2 is 1.73 bits per heavy atom. The number of benzene rings is 1. The van der Waals surface area contributed by atoms with Gasteiger partial charge in [0.25, 0.3) is 0 Å². The minimum absolute atomic E-state index is 0.00182. The molecule has 4 aromatic rings. The van der Waals surface area contributed by atoms with Crippen molar-refractivity contribution < 1.29 is 35.2 Å². The number of hydrogen-bond acceptors (Lipinski definition) is 7. The smallest absolute Gasteiger partial charge is 0.408 e. The third-order valence-corrected chi connectivity index (χ3v) is 5.90. The molecule has 1 aliphatic rings. The van der Waals surface area contributed by atoms with Gasteiger partial charge in [0.2, 0.25) is 11.8 Å². The second-order valence-corrected chi connectivity index (χ2v) is 8.53. The highest BCUT2D eigenvalue weighted by molar-refractivity contribution is 5.79. The van der Waals surface area contributed by atoms with Crippen molar-refractivity contribution in [3.8, 4) is 11.1 Å². The molecule has 4 heterocycles. The van der Waals surface area contributed by atoms with Gasteiger partial charge in [-0.1, -0.05) is 5.10 Å². The Kier molecular flexibility index (Phi) is 5.95. The minimum atomic E-state index is -4.99. The summed E-state index contributed by atoms with van der Waals surface area (Å²) in [6.07, 6.45) is -9.63. The number of aryl methyl sites for hydroxylation is 1. The van der Waals surface area contributed by atoms with Crippen molar-refractivity contribution in [1.29, 1.82) is 0 Å². The molecule has 1 aromatic carbocycles. The Balaban J connectivity index is 1.43. The van der Waals surface area contributed by atoms with Crippen LogP contribution in [0.3, 0.4) is 0 Å². The van der Waals surface area contributed by atoms with Gasteiger partial charge in [0.05, 0.1) is 23.7 Å². The van der Waals surface area contributed by atoms with Crippen molar-refractivity contribution in [2.24, 2.45) is 0 Å². The largest absolute Gasteiger partial charge is 0.416 e. The standard InChI is InChI=1S/C22H18F7N7O/c1-11-32-33-20(37-11)35-6-4-17(16(23)10-35)30-19-31-18-15(3-2-5-36(18)34-19)12-7-13(21(24,25)26)9-14(8-12)22(27,28)29/h2-3,5,7-9,16-17H,4,6,10H2,1H3,(H,30,34)/t16-,17+/m0/s1. The molecule has 0 amide bonds. The summed E-state index contributed by atoms with van der Waals surface area (Å²) < 4.78 is 101. The summed E-state index contributed by atoms with van der Waals surface area (Å²) in [6.45, 7) is 1.97. The van der Waals surface area contributed by atoms with Gasteiger partial charge in [-0.15, -0.1) is 10.2 Å². The first-order valence-corrected chi connectivity index (χ1v) is 11.0. The predicted molar refractivity (Wildman–Crippen MR) is 117 cm³/mol. The lowest BCUT2D eigenvalue weighted by molar-refractivity contribution is -0.143. The van der Waals surface area contributed by atoms with E-state index in [0.29, 0.717) is 31.0 Å². The predicted octanol–water partition coefficient (Wildman–Crippen LogP) is 5.15. The van der Waals surface area contributed by atoms with E-state index in [-0.39, 0.29) is 41.3 Å². The van der Waals surface area contributed by atoms with Crippen molar-refractivity contribution in [2.75, 3.05) is 23.3 Å². The number of rotatable bonds is 4. The molecule has 0 aliphatic carbocycles. The molecule has 0 radical (unpaired) electrons. The summed E-state index contributed by atoms with van der Waals surface area (Å²) in [5, 5.41) is 14.7. The Morgan fingerprint density at radius 1 is 1.03 bits per heavy atom. The topological polar surface area (TPSA) is 84.4 Å². The lowest BCUT2D eigenvalue weighted by Crippen LogP contribution is -2.48. The van der Waals surface area contributed by atoms with Gasteiger partial charge in [-0.25, -0.2) is 8.91 Å². The van der Waals surface area contributed by atoms with Gasteiger partial charge in [-0.05, 0) is 42.3 Å². The maximum atomic E-state index is 14.9. The van der Waals surface area contributed by atoms with Crippen LogP contribution in [-0.2, 0) is 12.4 Å². The van der Waals surface area contributed by atoms with Crippen LogP contribution in [0, 0.1) is 6.92 Å². The molecule has 0 saturated carbocycles. The first-order valence-electron chi connectivity index (χ1n) is 11.0. The van der Waals surface area contributed by atoms with E-state index in [1.54, 1.807) is 11.8 Å². The molecular formula is C22H18F7N7O. The Labute approximate surface area is 204 Å². The number of fused-ring (bicyclic) bond motifs is 1. The van der Waals surface area contributed by atoms with Crippen LogP contribution in [0.2, 0.25) is 0 Å². The molecule has 8 nitrogen and oxygen atoms in total. The summed E-state index contributed by atoms with van der Waals surface area (Å²) in [5.41, 5.74) is -3.22. The fourth-order valence-electron chi connectivity index (χ4n) is 4.12. The molecule has 2 atom stereocenters. The summed E-state index contributed by atoms with van der Waals surface area (Å²) in [5.74, 6) is 0.323. The lowest BCUT2D eigenvalue weighted by Gasteiger charge is -2.33. The number of halogens is 7.